The van der Waals surface area contributed by atoms with E-state index in [2.05, 4.69) is 51.7 Å². The highest BCUT2D eigenvalue weighted by Crippen LogP contribution is 2.07. The van der Waals surface area contributed by atoms with Crippen molar-refractivity contribution in [3.05, 3.63) is 35.4 Å². The summed E-state index contributed by atoms with van der Waals surface area (Å²) in [7, 11) is 1.83. The molecule has 0 unspecified atom stereocenters. The van der Waals surface area contributed by atoms with Crippen LogP contribution in [0.2, 0.25) is 0 Å². The summed E-state index contributed by atoms with van der Waals surface area (Å²) >= 11 is 0. The van der Waals surface area contributed by atoms with Crippen LogP contribution in [0.3, 0.4) is 0 Å². The average Bonchev–Trinajstić information content (AvgIpc) is 3.05. The molecule has 1 heterocycles. The van der Waals surface area contributed by atoms with Crippen molar-refractivity contribution in [3.8, 4) is 0 Å². The van der Waals surface area contributed by atoms with Crippen molar-refractivity contribution >= 4 is 29.9 Å². The fraction of sp³-hybridized carbons (Fsp3) is 0.611. The Bertz CT molecular complexity index is 453. The van der Waals surface area contributed by atoms with Crippen LogP contribution in [-0.4, -0.2) is 44.1 Å². The highest BCUT2D eigenvalue weighted by molar-refractivity contribution is 14.0. The predicted molar refractivity (Wildman–Crippen MR) is 110 cm³/mol. The zero-order chi connectivity index (χ0) is 15.6. The number of rotatable bonds is 7. The van der Waals surface area contributed by atoms with E-state index in [1.165, 1.54) is 56.4 Å². The van der Waals surface area contributed by atoms with Crippen molar-refractivity contribution in [2.75, 3.05) is 33.2 Å². The minimum Gasteiger partial charge on any atom is -0.356 e. The van der Waals surface area contributed by atoms with E-state index in [0.717, 1.165) is 19.0 Å². The average molecular weight is 430 g/mol. The Morgan fingerprint density at radius 2 is 1.78 bits per heavy atom. The number of benzene rings is 1. The van der Waals surface area contributed by atoms with E-state index in [9.17, 15) is 0 Å². The van der Waals surface area contributed by atoms with Crippen molar-refractivity contribution in [1.82, 2.24) is 15.5 Å². The molecule has 0 radical (unpaired) electrons. The summed E-state index contributed by atoms with van der Waals surface area (Å²) in [4.78, 5) is 6.85. The number of guanidine groups is 1. The zero-order valence-corrected chi connectivity index (χ0v) is 16.8. The van der Waals surface area contributed by atoms with E-state index in [0.29, 0.717) is 0 Å². The Balaban J connectivity index is 0.00000264. The fourth-order valence-electron chi connectivity index (χ4n) is 2.79. The topological polar surface area (TPSA) is 39.7 Å². The number of nitrogens with zero attached hydrogens (tertiary/aromatic N) is 2. The summed E-state index contributed by atoms with van der Waals surface area (Å²) in [5, 5.41) is 6.76. The van der Waals surface area contributed by atoms with Gasteiger partial charge in [0.05, 0.1) is 0 Å². The van der Waals surface area contributed by atoms with Crippen LogP contribution < -0.4 is 10.6 Å². The number of aryl methyl sites for hydroxylation is 1. The molecule has 2 N–H and O–H groups in total. The van der Waals surface area contributed by atoms with E-state index >= 15 is 0 Å². The first-order valence-corrected chi connectivity index (χ1v) is 8.50. The largest absolute Gasteiger partial charge is 0.356 e. The molecule has 2 rings (SSSR count). The van der Waals surface area contributed by atoms with Gasteiger partial charge in [0.1, 0.15) is 0 Å². The minimum absolute atomic E-state index is 0. The van der Waals surface area contributed by atoms with Gasteiger partial charge in [-0.05, 0) is 57.8 Å². The molecule has 0 bridgehead atoms. The highest BCUT2D eigenvalue weighted by Gasteiger charge is 2.09. The van der Waals surface area contributed by atoms with E-state index in [4.69, 9.17) is 0 Å². The van der Waals surface area contributed by atoms with Gasteiger partial charge in [-0.2, -0.15) is 0 Å². The number of unbranched alkanes of at least 4 members (excludes halogenated alkanes) is 1. The highest BCUT2D eigenvalue weighted by atomic mass is 127. The van der Waals surface area contributed by atoms with E-state index < -0.39 is 0 Å². The third-order valence-electron chi connectivity index (χ3n) is 4.20. The number of hydrogen-bond donors (Lipinski definition) is 2. The van der Waals surface area contributed by atoms with Crippen LogP contribution in [0.4, 0.5) is 0 Å². The number of likely N-dealkylation sites (tertiary alicyclic amines) is 1. The smallest absolute Gasteiger partial charge is 0.191 e. The zero-order valence-electron chi connectivity index (χ0n) is 14.5. The molecule has 0 spiro atoms. The van der Waals surface area contributed by atoms with Crippen LogP contribution in [0, 0.1) is 6.92 Å². The maximum Gasteiger partial charge on any atom is 0.191 e. The first-order chi connectivity index (χ1) is 10.8. The number of nitrogens with one attached hydrogen (secondary N) is 2. The van der Waals surface area contributed by atoms with Crippen molar-refractivity contribution in [1.29, 1.82) is 0 Å². The summed E-state index contributed by atoms with van der Waals surface area (Å²) in [5.41, 5.74) is 2.58. The molecular formula is C18H31IN4. The normalized spacial score (nSPS) is 15.3. The van der Waals surface area contributed by atoms with Crippen LogP contribution in [0.25, 0.3) is 0 Å². The van der Waals surface area contributed by atoms with Crippen LogP contribution in [0.5, 0.6) is 0 Å². The molecule has 4 nitrogen and oxygen atoms in total. The van der Waals surface area contributed by atoms with Crippen LogP contribution in [-0.2, 0) is 6.54 Å². The molecule has 130 valence electrons. The summed E-state index contributed by atoms with van der Waals surface area (Å²) in [6.07, 6.45) is 5.23. The van der Waals surface area contributed by atoms with Gasteiger partial charge in [-0.25, -0.2) is 0 Å². The van der Waals surface area contributed by atoms with Crippen LogP contribution in [0.15, 0.2) is 29.3 Å². The van der Waals surface area contributed by atoms with E-state index in [-0.39, 0.29) is 24.0 Å². The van der Waals surface area contributed by atoms with Crippen molar-refractivity contribution in [2.24, 2.45) is 4.99 Å². The Hall–Kier alpha value is -0.820. The SMILES string of the molecule is CN=C(NCCCCN1CCCC1)NCc1ccc(C)cc1.I. The molecule has 5 heteroatoms. The third kappa shape index (κ3) is 8.01. The standard InChI is InChI=1S/C18H30N4.HI/c1-16-7-9-17(10-8-16)15-21-18(19-2)20-11-3-4-12-22-13-5-6-14-22;/h7-10H,3-6,11-15H2,1-2H3,(H2,19,20,21);1H. The molecule has 1 fully saturated rings. The monoisotopic (exact) mass is 430 g/mol. The first-order valence-electron chi connectivity index (χ1n) is 8.50. The Labute approximate surface area is 158 Å². The Morgan fingerprint density at radius 3 is 2.43 bits per heavy atom. The number of hydrogen-bond acceptors (Lipinski definition) is 2. The van der Waals surface area contributed by atoms with Gasteiger partial charge in [-0.1, -0.05) is 29.8 Å². The molecular weight excluding hydrogens is 399 g/mol. The second-order valence-electron chi connectivity index (χ2n) is 6.09. The van der Waals surface area contributed by atoms with Gasteiger partial charge in [-0.15, -0.1) is 24.0 Å². The molecule has 0 saturated carbocycles. The Morgan fingerprint density at radius 1 is 1.09 bits per heavy atom. The number of aliphatic imine (C=N–C) groups is 1. The van der Waals surface area contributed by atoms with Gasteiger partial charge >= 0.3 is 0 Å². The maximum atomic E-state index is 4.28. The van der Waals surface area contributed by atoms with Gasteiger partial charge in [-0.3, -0.25) is 4.99 Å². The van der Waals surface area contributed by atoms with Crippen LogP contribution >= 0.6 is 24.0 Å². The van der Waals surface area contributed by atoms with E-state index in [1.54, 1.807) is 0 Å². The third-order valence-corrected chi connectivity index (χ3v) is 4.20. The van der Waals surface area contributed by atoms with Gasteiger partial charge in [0.2, 0.25) is 0 Å². The van der Waals surface area contributed by atoms with Gasteiger partial charge in [0, 0.05) is 20.1 Å². The summed E-state index contributed by atoms with van der Waals surface area (Å²) in [5.74, 6) is 0.891. The molecule has 1 aliphatic rings. The summed E-state index contributed by atoms with van der Waals surface area (Å²) in [6, 6.07) is 8.61. The lowest BCUT2D eigenvalue weighted by Gasteiger charge is -2.15. The summed E-state index contributed by atoms with van der Waals surface area (Å²) < 4.78 is 0. The lowest BCUT2D eigenvalue weighted by molar-refractivity contribution is 0.330. The molecule has 23 heavy (non-hydrogen) atoms. The molecule has 0 amide bonds. The number of halogens is 1. The quantitative estimate of drug-likeness (QED) is 0.302. The van der Waals surface area contributed by atoms with Crippen molar-refractivity contribution in [3.63, 3.8) is 0 Å². The maximum absolute atomic E-state index is 4.28. The van der Waals surface area contributed by atoms with Crippen molar-refractivity contribution in [2.45, 2.75) is 39.2 Å². The molecule has 0 atom stereocenters. The second kappa shape index (κ2) is 11.7. The lowest BCUT2D eigenvalue weighted by Crippen LogP contribution is -2.37. The van der Waals surface area contributed by atoms with Gasteiger partial charge in [0.25, 0.3) is 0 Å². The molecule has 1 aromatic carbocycles. The molecule has 1 aliphatic heterocycles. The lowest BCUT2D eigenvalue weighted by atomic mass is 10.1. The molecule has 0 aromatic heterocycles. The van der Waals surface area contributed by atoms with Crippen LogP contribution in [0.1, 0.15) is 36.8 Å². The molecule has 0 aliphatic carbocycles. The van der Waals surface area contributed by atoms with Crippen molar-refractivity contribution < 1.29 is 0 Å². The molecule has 1 aromatic rings. The Kier molecular flexibility index (Phi) is 10.3. The first kappa shape index (κ1) is 20.2. The van der Waals surface area contributed by atoms with Gasteiger partial charge < -0.3 is 15.5 Å². The van der Waals surface area contributed by atoms with Gasteiger partial charge in [0.15, 0.2) is 5.96 Å². The fourth-order valence-corrected chi connectivity index (χ4v) is 2.79. The minimum atomic E-state index is 0. The summed E-state index contributed by atoms with van der Waals surface area (Å²) in [6.45, 7) is 7.76. The predicted octanol–water partition coefficient (Wildman–Crippen LogP) is 3.15. The second-order valence-corrected chi connectivity index (χ2v) is 6.09. The molecule has 1 saturated heterocycles. The van der Waals surface area contributed by atoms with E-state index in [1.807, 2.05) is 7.05 Å².